The van der Waals surface area contributed by atoms with Gasteiger partial charge in [-0.25, -0.2) is 19.3 Å². The van der Waals surface area contributed by atoms with Crippen LogP contribution in [0.25, 0.3) is 11.0 Å². The fourth-order valence-electron chi connectivity index (χ4n) is 3.34. The highest BCUT2D eigenvalue weighted by atomic mass is 19.2. The Hall–Kier alpha value is -3.07. The van der Waals surface area contributed by atoms with Gasteiger partial charge in [-0.3, -0.25) is 0 Å². The Bertz CT molecular complexity index is 1070. The number of nitrogens with zero attached hydrogens (tertiary/aromatic N) is 3. The Balaban J connectivity index is 1.40. The molecule has 30 heavy (non-hydrogen) atoms. The molecule has 0 unspecified atom stereocenters. The van der Waals surface area contributed by atoms with Gasteiger partial charge in [0.25, 0.3) is 0 Å². The molecule has 156 valence electrons. The molecule has 1 atom stereocenters. The average molecular weight is 413 g/mol. The first-order valence-electron chi connectivity index (χ1n) is 10.0. The second-order valence-corrected chi connectivity index (χ2v) is 7.59. The van der Waals surface area contributed by atoms with Crippen molar-refractivity contribution in [3.05, 3.63) is 42.2 Å². The molecule has 1 aliphatic carbocycles. The smallest absolute Gasteiger partial charge is 0.214 e. The van der Waals surface area contributed by atoms with Crippen LogP contribution in [0.3, 0.4) is 0 Å². The lowest BCUT2D eigenvalue weighted by atomic mass is 10.2. The van der Waals surface area contributed by atoms with Crippen LogP contribution < -0.4 is 20.1 Å². The maximum atomic E-state index is 14.6. The lowest BCUT2D eigenvalue weighted by Gasteiger charge is -2.14. The summed E-state index contributed by atoms with van der Waals surface area (Å²) < 4.78 is 40.3. The number of hydrogen-bond donors (Lipinski definition) is 2. The Morgan fingerprint density at radius 2 is 1.97 bits per heavy atom. The van der Waals surface area contributed by atoms with E-state index in [-0.39, 0.29) is 23.4 Å². The van der Waals surface area contributed by atoms with E-state index in [0.717, 1.165) is 32.4 Å². The van der Waals surface area contributed by atoms with Crippen molar-refractivity contribution in [1.29, 1.82) is 0 Å². The van der Waals surface area contributed by atoms with Gasteiger partial charge in [-0.15, -0.1) is 0 Å². The first-order chi connectivity index (χ1) is 14.7. The van der Waals surface area contributed by atoms with Crippen molar-refractivity contribution in [2.24, 2.45) is 5.92 Å². The van der Waals surface area contributed by atoms with Crippen LogP contribution in [0.15, 0.2) is 30.6 Å². The minimum atomic E-state index is -1.03. The molecule has 1 aliphatic heterocycles. The maximum Gasteiger partial charge on any atom is 0.214 e. The van der Waals surface area contributed by atoms with E-state index in [2.05, 4.69) is 25.6 Å². The lowest BCUT2D eigenvalue weighted by molar-refractivity contribution is 0.215. The van der Waals surface area contributed by atoms with Crippen LogP contribution in [0.1, 0.15) is 19.3 Å². The maximum absolute atomic E-state index is 14.6. The Labute approximate surface area is 171 Å². The third kappa shape index (κ3) is 3.97. The van der Waals surface area contributed by atoms with E-state index in [4.69, 9.17) is 9.47 Å². The number of anilines is 2. The minimum Gasteiger partial charge on any atom is -0.490 e. The summed E-state index contributed by atoms with van der Waals surface area (Å²) in [4.78, 5) is 12.8. The van der Waals surface area contributed by atoms with Gasteiger partial charge >= 0.3 is 0 Å². The van der Waals surface area contributed by atoms with Crippen LogP contribution in [0.5, 0.6) is 11.6 Å². The molecule has 3 heterocycles. The van der Waals surface area contributed by atoms with Crippen LogP contribution in [-0.4, -0.2) is 40.8 Å². The molecule has 0 bridgehead atoms. The second kappa shape index (κ2) is 7.98. The Morgan fingerprint density at radius 3 is 2.77 bits per heavy atom. The molecule has 2 fully saturated rings. The predicted molar refractivity (Wildman–Crippen MR) is 107 cm³/mol. The highest BCUT2D eigenvalue weighted by Crippen LogP contribution is 2.33. The van der Waals surface area contributed by atoms with E-state index in [1.54, 1.807) is 12.1 Å². The molecule has 0 radical (unpaired) electrons. The Kier molecular flexibility index (Phi) is 5.04. The third-order valence-corrected chi connectivity index (χ3v) is 5.23. The molecule has 1 saturated carbocycles. The van der Waals surface area contributed by atoms with Crippen molar-refractivity contribution in [2.45, 2.75) is 25.4 Å². The molecule has 2 aromatic heterocycles. The van der Waals surface area contributed by atoms with Gasteiger partial charge in [0.15, 0.2) is 17.4 Å². The summed E-state index contributed by atoms with van der Waals surface area (Å²) in [6.07, 6.45) is 4.43. The van der Waals surface area contributed by atoms with Crippen molar-refractivity contribution < 1.29 is 18.3 Å². The van der Waals surface area contributed by atoms with Crippen molar-refractivity contribution in [2.75, 3.05) is 25.0 Å². The number of pyridine rings is 1. The number of halogens is 2. The molecule has 0 spiro atoms. The molecule has 3 aromatic rings. The number of hydrogen-bond acceptors (Lipinski definition) is 7. The monoisotopic (exact) mass is 413 g/mol. The van der Waals surface area contributed by atoms with Gasteiger partial charge in [0.05, 0.1) is 17.8 Å². The summed E-state index contributed by atoms with van der Waals surface area (Å²) >= 11 is 0. The number of ether oxygens (including phenoxy) is 2. The van der Waals surface area contributed by atoms with Crippen LogP contribution in [0, 0.1) is 17.6 Å². The molecule has 9 heteroatoms. The van der Waals surface area contributed by atoms with Crippen LogP contribution in [-0.2, 0) is 0 Å². The fraction of sp³-hybridized carbons (Fsp3) is 0.381. The van der Waals surface area contributed by atoms with E-state index < -0.39 is 11.6 Å². The van der Waals surface area contributed by atoms with E-state index in [1.165, 1.54) is 18.5 Å². The number of aromatic nitrogens is 3. The van der Waals surface area contributed by atoms with Gasteiger partial charge in [-0.05, 0) is 49.9 Å². The molecule has 1 saturated heterocycles. The summed E-state index contributed by atoms with van der Waals surface area (Å²) in [6.45, 7) is 2.07. The number of fused-ring (bicyclic) bond motifs is 1. The number of rotatable bonds is 7. The van der Waals surface area contributed by atoms with Gasteiger partial charge in [0.2, 0.25) is 11.7 Å². The van der Waals surface area contributed by atoms with Crippen molar-refractivity contribution in [3.63, 3.8) is 0 Å². The van der Waals surface area contributed by atoms with Crippen molar-refractivity contribution in [1.82, 2.24) is 20.3 Å². The Morgan fingerprint density at radius 1 is 1.07 bits per heavy atom. The highest BCUT2D eigenvalue weighted by Gasteiger charge is 2.24. The van der Waals surface area contributed by atoms with Crippen molar-refractivity contribution in [3.8, 4) is 11.6 Å². The van der Waals surface area contributed by atoms with Gasteiger partial charge in [-0.1, -0.05) is 0 Å². The minimum absolute atomic E-state index is 0.0470. The molecule has 7 nitrogen and oxygen atoms in total. The zero-order chi connectivity index (χ0) is 20.5. The largest absolute Gasteiger partial charge is 0.490 e. The van der Waals surface area contributed by atoms with E-state index in [0.29, 0.717) is 29.4 Å². The number of nitrogens with one attached hydrogen (secondary N) is 2. The van der Waals surface area contributed by atoms with Crippen LogP contribution in [0.2, 0.25) is 0 Å². The normalized spacial score (nSPS) is 18.5. The number of benzene rings is 1. The first kappa shape index (κ1) is 18.9. The topological polar surface area (TPSA) is 81.2 Å². The quantitative estimate of drug-likeness (QED) is 0.613. The second-order valence-electron chi connectivity index (χ2n) is 7.59. The third-order valence-electron chi connectivity index (χ3n) is 5.23. The summed E-state index contributed by atoms with van der Waals surface area (Å²) in [5.74, 6) is -0.995. The van der Waals surface area contributed by atoms with Crippen molar-refractivity contribution >= 4 is 22.5 Å². The summed E-state index contributed by atoms with van der Waals surface area (Å²) in [6, 6.07) is 6.35. The van der Waals surface area contributed by atoms with Crippen LogP contribution >= 0.6 is 0 Å². The molecule has 0 amide bonds. The van der Waals surface area contributed by atoms with Gasteiger partial charge in [0, 0.05) is 12.6 Å². The molecule has 2 aliphatic rings. The van der Waals surface area contributed by atoms with E-state index in [1.807, 2.05) is 0 Å². The fourth-order valence-corrected chi connectivity index (χ4v) is 3.34. The summed E-state index contributed by atoms with van der Waals surface area (Å²) in [5.41, 5.74) is 0.920. The standard InChI is InChI=1S/C21H21F2N5O2/c22-18-14(3-5-16(19(18)23)29-10-12-1-2-12)27-21-20-15(25-11-26-21)4-6-17(28-20)30-13-7-8-24-9-13/h3-6,11-13,24H,1-2,7-10H2,(H,25,26,27)/t13-/m0/s1. The van der Waals surface area contributed by atoms with E-state index in [9.17, 15) is 8.78 Å². The zero-order valence-electron chi connectivity index (χ0n) is 16.2. The van der Waals surface area contributed by atoms with Gasteiger partial charge in [0.1, 0.15) is 17.9 Å². The van der Waals surface area contributed by atoms with E-state index >= 15 is 0 Å². The molecular weight excluding hydrogens is 392 g/mol. The summed E-state index contributed by atoms with van der Waals surface area (Å²) in [5, 5.41) is 6.06. The molecule has 2 N–H and O–H groups in total. The molecular formula is C21H21F2N5O2. The SMILES string of the molecule is Fc1c(Nc2ncnc3ccc(O[C@H]4CCNC4)nc23)ccc(OCC2CC2)c1F. The summed E-state index contributed by atoms with van der Waals surface area (Å²) in [7, 11) is 0. The average Bonchev–Trinajstić information content (AvgIpc) is 3.45. The zero-order valence-corrected chi connectivity index (χ0v) is 16.2. The highest BCUT2D eigenvalue weighted by molar-refractivity contribution is 5.87. The van der Waals surface area contributed by atoms with Crippen LogP contribution in [0.4, 0.5) is 20.3 Å². The lowest BCUT2D eigenvalue weighted by Crippen LogP contribution is -2.20. The molecule has 5 rings (SSSR count). The first-order valence-corrected chi connectivity index (χ1v) is 10.0. The van der Waals surface area contributed by atoms with Gasteiger partial charge in [-0.2, -0.15) is 4.39 Å². The van der Waals surface area contributed by atoms with Gasteiger partial charge < -0.3 is 20.1 Å². The molecule has 1 aromatic carbocycles. The predicted octanol–water partition coefficient (Wildman–Crippen LogP) is 3.58.